The number of hydrogen-bond donors (Lipinski definition) is 1. The van der Waals surface area contributed by atoms with Crippen molar-refractivity contribution < 1.29 is 0 Å². The summed E-state index contributed by atoms with van der Waals surface area (Å²) in [6.45, 7) is 5.02. The van der Waals surface area contributed by atoms with E-state index in [0.717, 1.165) is 34.6 Å². The van der Waals surface area contributed by atoms with Crippen LogP contribution in [0.25, 0.3) is 11.0 Å². The third-order valence-corrected chi connectivity index (χ3v) is 4.31. The molecule has 98 valence electrons. The largest absolute Gasteiger partial charge is 0.383 e. The maximum Gasteiger partial charge on any atom is 0.145 e. The van der Waals surface area contributed by atoms with E-state index >= 15 is 0 Å². The lowest BCUT2D eigenvalue weighted by Crippen LogP contribution is -2.04. The van der Waals surface area contributed by atoms with Crippen LogP contribution in [-0.4, -0.2) is 19.5 Å². The van der Waals surface area contributed by atoms with E-state index in [4.69, 9.17) is 5.73 Å². The number of hydrogen-bond acceptors (Lipinski definition) is 5. The van der Waals surface area contributed by atoms with Crippen molar-refractivity contribution in [3.63, 3.8) is 0 Å². The quantitative estimate of drug-likeness (QED) is 0.795. The highest BCUT2D eigenvalue weighted by molar-refractivity contribution is 7.09. The summed E-state index contributed by atoms with van der Waals surface area (Å²) < 4.78 is 2.20. The minimum atomic E-state index is 0.554. The Labute approximate surface area is 115 Å². The normalized spacial score (nSPS) is 11.3. The molecule has 0 radical (unpaired) electrons. The number of nitrogens with two attached hydrogens (primary N) is 1. The first-order valence-corrected chi connectivity index (χ1v) is 7.00. The highest BCUT2D eigenvalue weighted by Gasteiger charge is 2.14. The summed E-state index contributed by atoms with van der Waals surface area (Å²) in [6, 6.07) is 0. The molecule has 5 nitrogen and oxygen atoms in total. The van der Waals surface area contributed by atoms with Crippen LogP contribution in [0.3, 0.4) is 0 Å². The maximum atomic E-state index is 5.96. The molecule has 3 rings (SSSR count). The lowest BCUT2D eigenvalue weighted by Gasteiger charge is -2.06. The first-order chi connectivity index (χ1) is 9.18. The molecule has 0 spiro atoms. The SMILES string of the molecule is Cc1c(C)n(CCc2nccs2)c2ncnc(N)c12. The van der Waals surface area contributed by atoms with Crippen LogP contribution in [0.2, 0.25) is 0 Å². The Balaban J connectivity index is 2.03. The average Bonchev–Trinajstić information content (AvgIpc) is 2.98. The second-order valence-corrected chi connectivity index (χ2v) is 5.47. The Kier molecular flexibility index (Phi) is 2.94. The Hall–Kier alpha value is -1.95. The predicted octanol–water partition coefficient (Wildman–Crippen LogP) is 2.33. The molecule has 0 aliphatic heterocycles. The van der Waals surface area contributed by atoms with Crippen molar-refractivity contribution >= 4 is 28.2 Å². The topological polar surface area (TPSA) is 69.6 Å². The highest BCUT2D eigenvalue weighted by atomic mass is 32.1. The summed E-state index contributed by atoms with van der Waals surface area (Å²) in [7, 11) is 0. The van der Waals surface area contributed by atoms with Crippen LogP contribution in [0.5, 0.6) is 0 Å². The molecule has 0 unspecified atom stereocenters. The van der Waals surface area contributed by atoms with E-state index < -0.39 is 0 Å². The van der Waals surface area contributed by atoms with Crippen molar-refractivity contribution in [3.05, 3.63) is 34.2 Å². The molecule has 2 N–H and O–H groups in total. The molecular formula is C13H15N5S. The Morgan fingerprint density at radius 2 is 2.11 bits per heavy atom. The van der Waals surface area contributed by atoms with E-state index in [0.29, 0.717) is 5.82 Å². The number of anilines is 1. The number of thiazole rings is 1. The van der Waals surface area contributed by atoms with Gasteiger partial charge in [0.15, 0.2) is 0 Å². The Morgan fingerprint density at radius 1 is 1.26 bits per heavy atom. The molecule has 0 aliphatic carbocycles. The van der Waals surface area contributed by atoms with Crippen molar-refractivity contribution in [2.45, 2.75) is 26.8 Å². The molecule has 0 bridgehead atoms. The molecule has 0 saturated heterocycles. The molecule has 6 heteroatoms. The van der Waals surface area contributed by atoms with Crippen molar-refractivity contribution in [2.75, 3.05) is 5.73 Å². The number of aromatic nitrogens is 4. The highest BCUT2D eigenvalue weighted by Crippen LogP contribution is 2.27. The van der Waals surface area contributed by atoms with Gasteiger partial charge in [-0.2, -0.15) is 0 Å². The number of nitrogens with zero attached hydrogens (tertiary/aromatic N) is 4. The molecule has 0 atom stereocenters. The minimum absolute atomic E-state index is 0.554. The van der Waals surface area contributed by atoms with Gasteiger partial charge in [0.2, 0.25) is 0 Å². The van der Waals surface area contributed by atoms with Gasteiger partial charge in [-0.15, -0.1) is 11.3 Å². The van der Waals surface area contributed by atoms with E-state index in [1.807, 2.05) is 11.6 Å². The number of rotatable bonds is 3. The minimum Gasteiger partial charge on any atom is -0.383 e. The predicted molar refractivity (Wildman–Crippen MR) is 77.2 cm³/mol. The number of fused-ring (bicyclic) bond motifs is 1. The molecule has 0 amide bonds. The molecule has 3 aromatic heterocycles. The molecule has 0 fully saturated rings. The third-order valence-electron chi connectivity index (χ3n) is 3.47. The third kappa shape index (κ3) is 1.98. The lowest BCUT2D eigenvalue weighted by atomic mass is 10.2. The average molecular weight is 273 g/mol. The smallest absolute Gasteiger partial charge is 0.145 e. The summed E-state index contributed by atoms with van der Waals surface area (Å²) >= 11 is 1.68. The van der Waals surface area contributed by atoms with Gasteiger partial charge in [-0.1, -0.05) is 0 Å². The van der Waals surface area contributed by atoms with Crippen LogP contribution >= 0.6 is 11.3 Å². The molecule has 3 aromatic rings. The van der Waals surface area contributed by atoms with Crippen LogP contribution in [0, 0.1) is 13.8 Å². The fourth-order valence-electron chi connectivity index (χ4n) is 2.35. The van der Waals surface area contributed by atoms with Crippen molar-refractivity contribution in [3.8, 4) is 0 Å². The molecular weight excluding hydrogens is 258 g/mol. The van der Waals surface area contributed by atoms with Gasteiger partial charge >= 0.3 is 0 Å². The fraction of sp³-hybridized carbons (Fsp3) is 0.308. The van der Waals surface area contributed by atoms with Crippen molar-refractivity contribution in [2.24, 2.45) is 0 Å². The van der Waals surface area contributed by atoms with E-state index in [1.165, 1.54) is 12.0 Å². The van der Waals surface area contributed by atoms with Gasteiger partial charge in [0.25, 0.3) is 0 Å². The molecule has 3 heterocycles. The summed E-state index contributed by atoms with van der Waals surface area (Å²) in [6.07, 6.45) is 4.27. The van der Waals surface area contributed by atoms with Gasteiger partial charge in [0, 0.05) is 30.2 Å². The standard InChI is InChI=1S/C13H15N5S/c1-8-9(2)18(5-3-10-15-4-6-19-10)13-11(8)12(14)16-7-17-13/h4,6-7H,3,5H2,1-2H3,(H2,14,16,17). The summed E-state index contributed by atoms with van der Waals surface area (Å²) in [5, 5.41) is 4.11. The summed E-state index contributed by atoms with van der Waals surface area (Å²) in [5.41, 5.74) is 9.22. The van der Waals surface area contributed by atoms with E-state index in [9.17, 15) is 0 Å². The van der Waals surface area contributed by atoms with Gasteiger partial charge in [-0.05, 0) is 19.4 Å². The Morgan fingerprint density at radius 3 is 2.84 bits per heavy atom. The van der Waals surface area contributed by atoms with Crippen LogP contribution < -0.4 is 5.73 Å². The fourth-order valence-corrected chi connectivity index (χ4v) is 2.96. The molecule has 0 aromatic carbocycles. The van der Waals surface area contributed by atoms with Gasteiger partial charge < -0.3 is 10.3 Å². The summed E-state index contributed by atoms with van der Waals surface area (Å²) in [5.74, 6) is 0.554. The number of aryl methyl sites for hydroxylation is 3. The van der Waals surface area contributed by atoms with Crippen molar-refractivity contribution in [1.29, 1.82) is 0 Å². The van der Waals surface area contributed by atoms with Gasteiger partial charge in [-0.3, -0.25) is 0 Å². The van der Waals surface area contributed by atoms with E-state index in [1.54, 1.807) is 11.3 Å². The summed E-state index contributed by atoms with van der Waals surface area (Å²) in [4.78, 5) is 12.8. The number of nitrogen functional groups attached to an aromatic ring is 1. The van der Waals surface area contributed by atoms with Gasteiger partial charge in [0.1, 0.15) is 17.8 Å². The molecule has 19 heavy (non-hydrogen) atoms. The van der Waals surface area contributed by atoms with Crippen LogP contribution in [0.4, 0.5) is 5.82 Å². The first kappa shape index (κ1) is 12.1. The lowest BCUT2D eigenvalue weighted by molar-refractivity contribution is 0.692. The first-order valence-electron chi connectivity index (χ1n) is 6.12. The van der Waals surface area contributed by atoms with E-state index in [-0.39, 0.29) is 0 Å². The van der Waals surface area contributed by atoms with Crippen LogP contribution in [0.1, 0.15) is 16.3 Å². The molecule has 0 saturated carbocycles. The zero-order valence-corrected chi connectivity index (χ0v) is 11.7. The van der Waals surface area contributed by atoms with Crippen molar-refractivity contribution in [1.82, 2.24) is 19.5 Å². The van der Waals surface area contributed by atoms with E-state index in [2.05, 4.69) is 33.4 Å². The monoisotopic (exact) mass is 273 g/mol. The van der Waals surface area contributed by atoms with Crippen LogP contribution in [0.15, 0.2) is 17.9 Å². The molecule has 0 aliphatic rings. The van der Waals surface area contributed by atoms with Gasteiger partial charge in [-0.25, -0.2) is 15.0 Å². The maximum absolute atomic E-state index is 5.96. The zero-order chi connectivity index (χ0) is 13.4. The second-order valence-electron chi connectivity index (χ2n) is 4.50. The zero-order valence-electron chi connectivity index (χ0n) is 10.9. The van der Waals surface area contributed by atoms with Gasteiger partial charge in [0.05, 0.1) is 10.4 Å². The van der Waals surface area contributed by atoms with Crippen LogP contribution in [-0.2, 0) is 13.0 Å². The Bertz CT molecular complexity index is 714. The second kappa shape index (κ2) is 4.62.